The maximum atomic E-state index is 11.4. The van der Waals surface area contributed by atoms with E-state index in [9.17, 15) is 8.42 Å². The predicted molar refractivity (Wildman–Crippen MR) is 118 cm³/mol. The molecule has 0 atom stereocenters. The molecule has 0 saturated carbocycles. The van der Waals surface area contributed by atoms with Gasteiger partial charge in [0.25, 0.3) is 0 Å². The van der Waals surface area contributed by atoms with Crippen LogP contribution in [0.3, 0.4) is 0 Å². The predicted octanol–water partition coefficient (Wildman–Crippen LogP) is 4.72. The highest BCUT2D eigenvalue weighted by Crippen LogP contribution is 2.30. The Morgan fingerprint density at radius 1 is 0.897 bits per heavy atom. The molecule has 0 saturated heterocycles. The van der Waals surface area contributed by atoms with E-state index in [-0.39, 0.29) is 0 Å². The van der Waals surface area contributed by atoms with E-state index in [0.717, 1.165) is 45.4 Å². The summed E-state index contributed by atoms with van der Waals surface area (Å²) < 4.78 is 25.2. The van der Waals surface area contributed by atoms with Crippen molar-refractivity contribution in [1.82, 2.24) is 9.97 Å². The first-order valence-corrected chi connectivity index (χ1v) is 10.9. The minimum Gasteiger partial charge on any atom is -0.340 e. The zero-order valence-electron chi connectivity index (χ0n) is 16.0. The molecule has 2 aromatic carbocycles. The molecule has 0 bridgehead atoms. The summed E-state index contributed by atoms with van der Waals surface area (Å²) in [6.45, 7) is 2.03. The van der Waals surface area contributed by atoms with E-state index in [1.54, 1.807) is 18.3 Å². The second-order valence-corrected chi connectivity index (χ2v) is 8.64. The van der Waals surface area contributed by atoms with Crippen molar-refractivity contribution in [3.8, 4) is 11.1 Å². The third-order valence-corrected chi connectivity index (χ3v) is 5.03. The van der Waals surface area contributed by atoms with Crippen molar-refractivity contribution in [2.45, 2.75) is 6.92 Å². The van der Waals surface area contributed by atoms with Crippen LogP contribution in [0.4, 0.5) is 17.2 Å². The van der Waals surface area contributed by atoms with Crippen molar-refractivity contribution in [2.75, 3.05) is 16.3 Å². The number of sulfonamides is 1. The van der Waals surface area contributed by atoms with Crippen LogP contribution in [0.25, 0.3) is 22.0 Å². The number of aryl methyl sites for hydroxylation is 1. The van der Waals surface area contributed by atoms with Crippen LogP contribution < -0.4 is 10.0 Å². The number of hydrogen-bond acceptors (Lipinski definition) is 5. The van der Waals surface area contributed by atoms with Crippen molar-refractivity contribution >= 4 is 38.1 Å². The average molecular weight is 404 g/mol. The number of rotatable bonds is 5. The first-order valence-electron chi connectivity index (χ1n) is 9.04. The molecule has 4 rings (SSSR count). The molecule has 6 nitrogen and oxygen atoms in total. The number of hydrogen-bond donors (Lipinski definition) is 2. The van der Waals surface area contributed by atoms with Gasteiger partial charge >= 0.3 is 0 Å². The molecule has 0 radical (unpaired) electrons. The Morgan fingerprint density at radius 2 is 1.69 bits per heavy atom. The number of anilines is 3. The third-order valence-electron chi connectivity index (χ3n) is 4.43. The van der Waals surface area contributed by atoms with Crippen LogP contribution in [0.1, 0.15) is 5.56 Å². The van der Waals surface area contributed by atoms with Gasteiger partial charge in [0.15, 0.2) is 0 Å². The maximum Gasteiger partial charge on any atom is 0.229 e. The summed E-state index contributed by atoms with van der Waals surface area (Å²) >= 11 is 0. The number of pyridine rings is 2. The van der Waals surface area contributed by atoms with E-state index in [2.05, 4.69) is 26.1 Å². The van der Waals surface area contributed by atoms with Gasteiger partial charge in [-0.25, -0.2) is 13.4 Å². The molecule has 0 aliphatic heterocycles. The van der Waals surface area contributed by atoms with E-state index in [4.69, 9.17) is 0 Å². The molecule has 2 heterocycles. The highest BCUT2D eigenvalue weighted by atomic mass is 32.2. The number of nitrogens with one attached hydrogen (secondary N) is 2. The second-order valence-electron chi connectivity index (χ2n) is 6.89. The van der Waals surface area contributed by atoms with Gasteiger partial charge in [-0.15, -0.1) is 0 Å². The fourth-order valence-corrected chi connectivity index (χ4v) is 3.67. The minimum absolute atomic E-state index is 0.526. The van der Waals surface area contributed by atoms with Crippen molar-refractivity contribution in [3.63, 3.8) is 0 Å². The molecule has 0 spiro atoms. The van der Waals surface area contributed by atoms with Gasteiger partial charge in [-0.1, -0.05) is 18.2 Å². The smallest absolute Gasteiger partial charge is 0.229 e. The summed E-state index contributed by atoms with van der Waals surface area (Å²) in [5.41, 5.74) is 5.34. The van der Waals surface area contributed by atoms with Gasteiger partial charge in [0, 0.05) is 34.7 Å². The van der Waals surface area contributed by atoms with Crippen LogP contribution in [-0.2, 0) is 10.0 Å². The number of aromatic nitrogens is 2. The van der Waals surface area contributed by atoms with Crippen LogP contribution in [-0.4, -0.2) is 24.6 Å². The average Bonchev–Trinajstić information content (AvgIpc) is 2.67. The molecule has 146 valence electrons. The highest BCUT2D eigenvalue weighted by Gasteiger charge is 2.07. The molecule has 4 aromatic rings. The maximum absolute atomic E-state index is 11.4. The standard InChI is InChI=1S/C22H20N4O2S/c1-15-10-11-23-22(12-15)25-21-5-3-4-20-19(21)13-17(14-24-20)16-6-8-18(9-7-16)26-29(2,27)28/h3-14,26H,1-2H3,(H,23,25). The molecule has 0 aliphatic carbocycles. The Labute approximate surface area is 169 Å². The van der Waals surface area contributed by atoms with Crippen LogP contribution in [0, 0.1) is 6.92 Å². The number of benzene rings is 2. The second kappa shape index (κ2) is 7.52. The molecule has 0 aliphatic rings. The van der Waals surface area contributed by atoms with Gasteiger partial charge in [-0.2, -0.15) is 0 Å². The Hall–Kier alpha value is -3.45. The molecular formula is C22H20N4O2S. The van der Waals surface area contributed by atoms with Crippen LogP contribution in [0.2, 0.25) is 0 Å². The first kappa shape index (κ1) is 18.9. The minimum atomic E-state index is -3.30. The summed E-state index contributed by atoms with van der Waals surface area (Å²) in [5, 5.41) is 4.35. The van der Waals surface area contributed by atoms with E-state index in [1.165, 1.54) is 0 Å². The van der Waals surface area contributed by atoms with Crippen LogP contribution in [0.5, 0.6) is 0 Å². The van der Waals surface area contributed by atoms with Crippen molar-refractivity contribution in [1.29, 1.82) is 0 Å². The quantitative estimate of drug-likeness (QED) is 0.503. The largest absolute Gasteiger partial charge is 0.340 e. The summed E-state index contributed by atoms with van der Waals surface area (Å²) in [6, 6.07) is 19.1. The zero-order chi connectivity index (χ0) is 20.4. The molecule has 0 amide bonds. The van der Waals surface area contributed by atoms with Gasteiger partial charge in [-0.3, -0.25) is 9.71 Å². The van der Waals surface area contributed by atoms with Crippen molar-refractivity contribution in [2.24, 2.45) is 0 Å². The molecular weight excluding hydrogens is 384 g/mol. The Morgan fingerprint density at radius 3 is 2.41 bits per heavy atom. The number of nitrogens with zero attached hydrogens (tertiary/aromatic N) is 2. The van der Waals surface area contributed by atoms with Crippen molar-refractivity contribution < 1.29 is 8.42 Å². The Bertz CT molecular complexity index is 1290. The summed E-state index contributed by atoms with van der Waals surface area (Å²) in [7, 11) is -3.30. The zero-order valence-corrected chi connectivity index (χ0v) is 16.9. The van der Waals surface area contributed by atoms with Crippen LogP contribution in [0.15, 0.2) is 73.1 Å². The number of fused-ring (bicyclic) bond motifs is 1. The van der Waals surface area contributed by atoms with Gasteiger partial charge in [-0.05, 0) is 60.5 Å². The van der Waals surface area contributed by atoms with E-state index >= 15 is 0 Å². The molecule has 0 fully saturated rings. The van der Waals surface area contributed by atoms with E-state index in [0.29, 0.717) is 5.69 Å². The summed E-state index contributed by atoms with van der Waals surface area (Å²) in [5.74, 6) is 0.777. The van der Waals surface area contributed by atoms with Gasteiger partial charge in [0.2, 0.25) is 10.0 Å². The van der Waals surface area contributed by atoms with Crippen molar-refractivity contribution in [3.05, 3.63) is 78.6 Å². The lowest BCUT2D eigenvalue weighted by atomic mass is 10.0. The Kier molecular flexibility index (Phi) is 4.90. The fraction of sp³-hybridized carbons (Fsp3) is 0.0909. The SMILES string of the molecule is Cc1ccnc(Nc2cccc3ncc(-c4ccc(NS(C)(=O)=O)cc4)cc23)c1. The normalized spacial score (nSPS) is 11.4. The topological polar surface area (TPSA) is 84.0 Å². The molecule has 7 heteroatoms. The monoisotopic (exact) mass is 404 g/mol. The third kappa shape index (κ3) is 4.52. The summed E-state index contributed by atoms with van der Waals surface area (Å²) in [6.07, 6.45) is 4.72. The first-order chi connectivity index (χ1) is 13.9. The molecule has 29 heavy (non-hydrogen) atoms. The van der Waals surface area contributed by atoms with E-state index in [1.807, 2.05) is 55.6 Å². The van der Waals surface area contributed by atoms with Gasteiger partial charge in [0.05, 0.1) is 11.8 Å². The van der Waals surface area contributed by atoms with Gasteiger partial charge in [0.1, 0.15) is 5.82 Å². The van der Waals surface area contributed by atoms with Crippen LogP contribution >= 0.6 is 0 Å². The molecule has 2 N–H and O–H groups in total. The molecule has 2 aromatic heterocycles. The summed E-state index contributed by atoms with van der Waals surface area (Å²) in [4.78, 5) is 8.96. The lowest BCUT2D eigenvalue weighted by Gasteiger charge is -2.11. The lowest BCUT2D eigenvalue weighted by molar-refractivity contribution is 0.607. The highest BCUT2D eigenvalue weighted by molar-refractivity contribution is 7.92. The van der Waals surface area contributed by atoms with E-state index < -0.39 is 10.0 Å². The fourth-order valence-electron chi connectivity index (χ4n) is 3.10. The lowest BCUT2D eigenvalue weighted by Crippen LogP contribution is -2.09. The van der Waals surface area contributed by atoms with Gasteiger partial charge < -0.3 is 5.32 Å². The molecule has 0 unspecified atom stereocenters. The Balaban J connectivity index is 1.70.